The number of hydrogen-bond donors (Lipinski definition) is 2. The molecule has 0 aromatic heterocycles. The normalized spacial score (nSPS) is 11.9. The number of hydrogen-bond acceptors (Lipinski definition) is 8. The van der Waals surface area contributed by atoms with Crippen LogP contribution in [0.1, 0.15) is 231 Å². The molecule has 0 saturated carbocycles. The number of unbranched alkanes of at least 4 members (excludes halogenated alkanes) is 24. The van der Waals surface area contributed by atoms with E-state index in [4.69, 9.17) is 14.2 Å². The van der Waals surface area contributed by atoms with Crippen molar-refractivity contribution < 1.29 is 38.8 Å². The lowest BCUT2D eigenvalue weighted by Gasteiger charge is -2.13. The molecule has 0 saturated heterocycles. The van der Waals surface area contributed by atoms with Gasteiger partial charge in [0.25, 0.3) is 0 Å². The maximum atomic E-state index is 13.0. The fourth-order valence-electron chi connectivity index (χ4n) is 7.22. The molecule has 1 atom stereocenters. The zero-order valence-corrected chi connectivity index (χ0v) is 37.3. The molecule has 59 heavy (non-hydrogen) atoms. The molecule has 0 fully saturated rings. The fraction of sp³-hybridized carbons (Fsp3) is 0.667. The second kappa shape index (κ2) is 34.1. The standard InChI is InChI=1S/C51H80O8/c1-4-7-10-13-16-19-22-25-28-31-49(54)57-43-37-38-45(47(53)40-43)46(52)39-35-42-34-36-44(58-50(55)32-29-26-23-20-17-14-11-8-5-2)41-48(42)59-51(56)33-30-27-24-21-18-15-12-9-6-3/h34-41,46,52-53H,4-33H2,1-3H3. The number of aromatic hydroxyl groups is 1. The average molecular weight is 821 g/mol. The van der Waals surface area contributed by atoms with Gasteiger partial charge in [-0.05, 0) is 43.5 Å². The molecule has 8 nitrogen and oxygen atoms in total. The van der Waals surface area contributed by atoms with E-state index in [1.807, 2.05) is 0 Å². The number of aliphatic hydroxyl groups is 1. The summed E-state index contributed by atoms with van der Waals surface area (Å²) in [6.07, 6.45) is 33.9. The van der Waals surface area contributed by atoms with Crippen molar-refractivity contribution in [1.29, 1.82) is 0 Å². The minimum absolute atomic E-state index is 0.211. The minimum Gasteiger partial charge on any atom is -0.507 e. The first-order valence-electron chi connectivity index (χ1n) is 23.7. The number of esters is 3. The lowest BCUT2D eigenvalue weighted by molar-refractivity contribution is -0.135. The predicted octanol–water partition coefficient (Wildman–Crippen LogP) is 14.6. The van der Waals surface area contributed by atoms with Crippen LogP contribution in [0.5, 0.6) is 23.0 Å². The van der Waals surface area contributed by atoms with E-state index in [2.05, 4.69) is 20.8 Å². The van der Waals surface area contributed by atoms with Crippen molar-refractivity contribution in [2.45, 2.75) is 219 Å². The number of phenols is 1. The van der Waals surface area contributed by atoms with E-state index >= 15 is 0 Å². The molecule has 1 unspecified atom stereocenters. The molecule has 0 spiro atoms. The van der Waals surface area contributed by atoms with Gasteiger partial charge in [0.05, 0.1) is 0 Å². The lowest BCUT2D eigenvalue weighted by Crippen LogP contribution is -2.10. The second-order valence-corrected chi connectivity index (χ2v) is 16.4. The third-order valence-corrected chi connectivity index (χ3v) is 10.9. The Bertz CT molecular complexity index is 1450. The molecule has 8 heteroatoms. The summed E-state index contributed by atoms with van der Waals surface area (Å²) in [5.41, 5.74) is 0.732. The first-order chi connectivity index (χ1) is 28.8. The quantitative estimate of drug-likeness (QED) is 0.0396. The highest BCUT2D eigenvalue weighted by Gasteiger charge is 2.16. The molecular weight excluding hydrogens is 741 g/mol. The van der Waals surface area contributed by atoms with E-state index < -0.39 is 6.10 Å². The van der Waals surface area contributed by atoms with Crippen LogP contribution in [0.3, 0.4) is 0 Å². The monoisotopic (exact) mass is 821 g/mol. The van der Waals surface area contributed by atoms with Gasteiger partial charge < -0.3 is 24.4 Å². The summed E-state index contributed by atoms with van der Waals surface area (Å²) in [5, 5.41) is 21.8. The number of rotatable bonds is 36. The van der Waals surface area contributed by atoms with Crippen molar-refractivity contribution in [1.82, 2.24) is 0 Å². The van der Waals surface area contributed by atoms with Gasteiger partial charge in [-0.25, -0.2) is 0 Å². The summed E-state index contributed by atoms with van der Waals surface area (Å²) in [6, 6.07) is 9.28. The van der Waals surface area contributed by atoms with Gasteiger partial charge in [-0.1, -0.05) is 187 Å². The van der Waals surface area contributed by atoms with Gasteiger partial charge in [0.2, 0.25) is 0 Å². The fourth-order valence-corrected chi connectivity index (χ4v) is 7.22. The minimum atomic E-state index is -1.21. The zero-order chi connectivity index (χ0) is 42.8. The van der Waals surface area contributed by atoms with Crippen LogP contribution in [0, 0.1) is 0 Å². The van der Waals surface area contributed by atoms with Gasteiger partial charge in [-0.15, -0.1) is 0 Å². The van der Waals surface area contributed by atoms with Crippen molar-refractivity contribution in [2.75, 3.05) is 0 Å². The molecule has 332 valence electrons. The van der Waals surface area contributed by atoms with Crippen LogP contribution in [0.25, 0.3) is 6.08 Å². The van der Waals surface area contributed by atoms with E-state index in [0.29, 0.717) is 18.4 Å². The van der Waals surface area contributed by atoms with Crippen molar-refractivity contribution in [2.24, 2.45) is 0 Å². The first-order valence-corrected chi connectivity index (χ1v) is 23.7. The summed E-state index contributed by atoms with van der Waals surface area (Å²) < 4.78 is 16.9. The Morgan fingerprint density at radius 1 is 0.492 bits per heavy atom. The van der Waals surface area contributed by atoms with Crippen LogP contribution in [0.2, 0.25) is 0 Å². The van der Waals surface area contributed by atoms with Crippen molar-refractivity contribution in [3.05, 3.63) is 53.6 Å². The number of carbonyl (C=O) groups excluding carboxylic acids is 3. The number of aliphatic hydroxyl groups excluding tert-OH is 1. The van der Waals surface area contributed by atoms with Gasteiger partial charge >= 0.3 is 17.9 Å². The first kappa shape index (κ1) is 51.5. The number of ether oxygens (including phenoxy) is 3. The SMILES string of the molecule is CCCCCCCCCCCC(=O)Oc1ccc(C(O)C=Cc2ccc(OC(=O)CCCCCCCCCCC)cc2OC(=O)CCCCCCCCCCC)c(O)c1. The Labute approximate surface area is 357 Å². The van der Waals surface area contributed by atoms with Crippen molar-refractivity contribution >= 4 is 24.0 Å². The van der Waals surface area contributed by atoms with E-state index in [-0.39, 0.29) is 52.9 Å². The van der Waals surface area contributed by atoms with Gasteiger partial charge in [0.1, 0.15) is 29.1 Å². The third kappa shape index (κ3) is 25.6. The molecule has 0 amide bonds. The summed E-state index contributed by atoms with van der Waals surface area (Å²) >= 11 is 0. The summed E-state index contributed by atoms with van der Waals surface area (Å²) in [4.78, 5) is 38.1. The van der Waals surface area contributed by atoms with Crippen LogP contribution in [0.4, 0.5) is 0 Å². The molecule has 0 radical (unpaired) electrons. The van der Waals surface area contributed by atoms with E-state index in [9.17, 15) is 24.6 Å². The molecule has 0 heterocycles. The highest BCUT2D eigenvalue weighted by molar-refractivity contribution is 5.76. The molecule has 0 aliphatic carbocycles. The molecule has 0 aliphatic rings. The Kier molecular flexibility index (Phi) is 29.8. The number of carbonyl (C=O) groups is 3. The zero-order valence-electron chi connectivity index (χ0n) is 37.3. The Hall–Kier alpha value is -3.65. The van der Waals surface area contributed by atoms with Gasteiger partial charge in [0.15, 0.2) is 0 Å². The predicted molar refractivity (Wildman–Crippen MR) is 241 cm³/mol. The number of phenolic OH excluding ortho intramolecular Hbond substituents is 1. The molecule has 0 bridgehead atoms. The van der Waals surface area contributed by atoms with E-state index in [1.165, 1.54) is 134 Å². The summed E-state index contributed by atoms with van der Waals surface area (Å²) in [5.74, 6) is -0.534. The number of benzene rings is 2. The third-order valence-electron chi connectivity index (χ3n) is 10.9. The molecule has 2 aromatic carbocycles. The molecule has 2 aromatic rings. The average Bonchev–Trinajstić information content (AvgIpc) is 3.21. The van der Waals surface area contributed by atoms with Crippen molar-refractivity contribution in [3.8, 4) is 23.0 Å². The van der Waals surface area contributed by atoms with Gasteiger partial charge in [-0.2, -0.15) is 0 Å². The maximum Gasteiger partial charge on any atom is 0.311 e. The van der Waals surface area contributed by atoms with Crippen molar-refractivity contribution in [3.63, 3.8) is 0 Å². The molecule has 2 rings (SSSR count). The molecule has 0 aliphatic heterocycles. The van der Waals surface area contributed by atoms with Crippen LogP contribution in [-0.2, 0) is 14.4 Å². The van der Waals surface area contributed by atoms with Gasteiger partial charge in [0, 0.05) is 42.5 Å². The van der Waals surface area contributed by atoms with Gasteiger partial charge in [-0.3, -0.25) is 14.4 Å². The topological polar surface area (TPSA) is 119 Å². The largest absolute Gasteiger partial charge is 0.507 e. The molecular formula is C51H80O8. The summed E-state index contributed by atoms with van der Waals surface area (Å²) in [7, 11) is 0. The van der Waals surface area contributed by atoms with Crippen LogP contribution >= 0.6 is 0 Å². The summed E-state index contributed by atoms with van der Waals surface area (Å²) in [6.45, 7) is 6.66. The Morgan fingerprint density at radius 2 is 0.847 bits per heavy atom. The smallest absolute Gasteiger partial charge is 0.311 e. The van der Waals surface area contributed by atoms with Crippen LogP contribution in [-0.4, -0.2) is 28.1 Å². The van der Waals surface area contributed by atoms with Crippen LogP contribution < -0.4 is 14.2 Å². The highest BCUT2D eigenvalue weighted by Crippen LogP contribution is 2.32. The maximum absolute atomic E-state index is 13.0. The molecule has 2 N–H and O–H groups in total. The Balaban J connectivity index is 1.97. The highest BCUT2D eigenvalue weighted by atomic mass is 16.5. The van der Waals surface area contributed by atoms with E-state index in [1.54, 1.807) is 30.3 Å². The second-order valence-electron chi connectivity index (χ2n) is 16.4. The lowest BCUT2D eigenvalue weighted by atomic mass is 10.1. The van der Waals surface area contributed by atoms with E-state index in [0.717, 1.165) is 57.8 Å². The Morgan fingerprint density at radius 3 is 1.25 bits per heavy atom. The van der Waals surface area contributed by atoms with Crippen LogP contribution in [0.15, 0.2) is 42.5 Å².